The SMILES string of the molecule is CC(C)N1CCC(Oc2cc3cc(C(=O)N4CCS(=O)(=O)CC4)n(CC(F)(F)F)c3cc2Br)CC1. The lowest BCUT2D eigenvalue weighted by molar-refractivity contribution is -0.140. The van der Waals surface area contributed by atoms with Gasteiger partial charge < -0.3 is 19.1 Å². The Balaban J connectivity index is 1.63. The average molecular weight is 580 g/mol. The topological polar surface area (TPSA) is 71.8 Å². The van der Waals surface area contributed by atoms with Gasteiger partial charge >= 0.3 is 6.18 Å². The highest BCUT2D eigenvalue weighted by Crippen LogP contribution is 2.36. The first-order chi connectivity index (χ1) is 16.3. The van der Waals surface area contributed by atoms with Crippen LogP contribution in [0.4, 0.5) is 13.2 Å². The quantitative estimate of drug-likeness (QED) is 0.533. The molecule has 7 nitrogen and oxygen atoms in total. The van der Waals surface area contributed by atoms with Gasteiger partial charge in [0, 0.05) is 37.6 Å². The molecule has 35 heavy (non-hydrogen) atoms. The molecule has 194 valence electrons. The minimum absolute atomic E-state index is 0.00703. The Morgan fingerprint density at radius 3 is 2.31 bits per heavy atom. The van der Waals surface area contributed by atoms with Crippen molar-refractivity contribution >= 4 is 42.6 Å². The highest BCUT2D eigenvalue weighted by Gasteiger charge is 2.34. The van der Waals surface area contributed by atoms with E-state index in [1.165, 1.54) is 11.0 Å². The molecule has 0 atom stereocenters. The van der Waals surface area contributed by atoms with Crippen LogP contribution in [0.2, 0.25) is 0 Å². The standard InChI is InChI=1S/C23H29BrF3N3O4S/c1-15(2)28-5-3-17(4-6-28)34-21-12-16-11-20(22(31)29-7-9-35(32,33)10-8-29)30(14-23(25,26)27)19(16)13-18(21)24/h11-13,15,17H,3-10,14H2,1-2H3. The second-order valence-corrected chi connectivity index (χ2v) is 12.6. The maximum Gasteiger partial charge on any atom is 0.406 e. The number of fused-ring (bicyclic) bond motifs is 1. The highest BCUT2D eigenvalue weighted by atomic mass is 79.9. The van der Waals surface area contributed by atoms with Crippen LogP contribution in [0.5, 0.6) is 5.75 Å². The number of sulfone groups is 1. The first kappa shape index (κ1) is 26.3. The zero-order valence-corrected chi connectivity index (χ0v) is 22.0. The molecule has 4 rings (SSSR count). The number of hydrogen-bond acceptors (Lipinski definition) is 5. The number of alkyl halides is 3. The summed E-state index contributed by atoms with van der Waals surface area (Å²) in [6.45, 7) is 4.72. The number of rotatable bonds is 5. The van der Waals surface area contributed by atoms with Crippen LogP contribution < -0.4 is 4.74 Å². The van der Waals surface area contributed by atoms with Crippen LogP contribution >= 0.6 is 15.9 Å². The lowest BCUT2D eigenvalue weighted by atomic mass is 10.1. The van der Waals surface area contributed by atoms with E-state index in [1.807, 2.05) is 0 Å². The Morgan fingerprint density at radius 2 is 1.74 bits per heavy atom. The van der Waals surface area contributed by atoms with E-state index in [0.717, 1.165) is 30.5 Å². The predicted octanol–water partition coefficient (Wildman–Crippen LogP) is 4.09. The van der Waals surface area contributed by atoms with E-state index in [9.17, 15) is 26.4 Å². The van der Waals surface area contributed by atoms with Gasteiger partial charge in [-0.15, -0.1) is 0 Å². The van der Waals surface area contributed by atoms with Crippen molar-refractivity contribution in [3.8, 4) is 5.75 Å². The molecule has 2 fully saturated rings. The summed E-state index contributed by atoms with van der Waals surface area (Å²) in [5, 5.41) is 0.458. The number of halogens is 4. The number of amides is 1. The summed E-state index contributed by atoms with van der Waals surface area (Å²) in [5.41, 5.74) is 0.134. The molecule has 2 aliphatic rings. The van der Waals surface area contributed by atoms with Crippen LogP contribution in [0.3, 0.4) is 0 Å². The van der Waals surface area contributed by atoms with Gasteiger partial charge in [-0.2, -0.15) is 13.2 Å². The van der Waals surface area contributed by atoms with E-state index < -0.39 is 28.5 Å². The summed E-state index contributed by atoms with van der Waals surface area (Å²) in [7, 11) is -3.24. The van der Waals surface area contributed by atoms with Crippen molar-refractivity contribution in [2.45, 2.75) is 51.6 Å². The smallest absolute Gasteiger partial charge is 0.406 e. The number of carbonyl (C=O) groups excluding carboxylic acids is 1. The normalized spacial score (nSPS) is 20.0. The largest absolute Gasteiger partial charge is 0.489 e. The van der Waals surface area contributed by atoms with Gasteiger partial charge in [0.15, 0.2) is 9.84 Å². The molecular formula is C23H29BrF3N3O4S. The molecule has 1 aromatic heterocycles. The second kappa shape index (κ2) is 9.93. The third-order valence-electron chi connectivity index (χ3n) is 6.64. The molecule has 0 radical (unpaired) electrons. The molecule has 1 aromatic carbocycles. The number of benzene rings is 1. The molecule has 2 saturated heterocycles. The molecular weight excluding hydrogens is 551 g/mol. The van der Waals surface area contributed by atoms with Crippen molar-refractivity contribution < 1.29 is 31.1 Å². The third kappa shape index (κ3) is 6.14. The number of aromatic nitrogens is 1. The minimum atomic E-state index is -4.54. The number of piperidine rings is 1. The number of nitrogens with zero attached hydrogens (tertiary/aromatic N) is 3. The first-order valence-corrected chi connectivity index (χ1v) is 14.2. The van der Waals surface area contributed by atoms with E-state index >= 15 is 0 Å². The molecule has 0 saturated carbocycles. The van der Waals surface area contributed by atoms with Crippen LogP contribution in [0.15, 0.2) is 22.7 Å². The van der Waals surface area contributed by atoms with Crippen molar-refractivity contribution in [2.75, 3.05) is 37.7 Å². The maximum absolute atomic E-state index is 13.4. The Bertz CT molecular complexity index is 1190. The fourth-order valence-corrected chi connectivity index (χ4v) is 6.27. The molecule has 1 amide bonds. The van der Waals surface area contributed by atoms with E-state index in [4.69, 9.17) is 4.74 Å². The fraction of sp³-hybridized carbons (Fsp3) is 0.609. The Hall–Kier alpha value is -1.79. The summed E-state index contributed by atoms with van der Waals surface area (Å²) >= 11 is 3.44. The molecule has 12 heteroatoms. The first-order valence-electron chi connectivity index (χ1n) is 11.6. The van der Waals surface area contributed by atoms with Gasteiger partial charge in [-0.1, -0.05) is 0 Å². The fourth-order valence-electron chi connectivity index (χ4n) is 4.65. The van der Waals surface area contributed by atoms with Crippen molar-refractivity contribution in [1.29, 1.82) is 0 Å². The summed E-state index contributed by atoms with van der Waals surface area (Å²) < 4.78 is 71.5. The molecule has 0 bridgehead atoms. The second-order valence-electron chi connectivity index (χ2n) is 9.46. The van der Waals surface area contributed by atoms with E-state index in [-0.39, 0.29) is 41.9 Å². The number of carbonyl (C=O) groups is 1. The predicted molar refractivity (Wildman–Crippen MR) is 131 cm³/mol. The van der Waals surface area contributed by atoms with Crippen molar-refractivity contribution in [3.05, 3.63) is 28.4 Å². The Morgan fingerprint density at radius 1 is 1.11 bits per heavy atom. The van der Waals surface area contributed by atoms with Crippen LogP contribution in [-0.4, -0.2) is 84.7 Å². The number of likely N-dealkylation sites (tertiary alicyclic amines) is 1. The van der Waals surface area contributed by atoms with Gasteiger partial charge in [-0.3, -0.25) is 4.79 Å². The molecule has 0 aliphatic carbocycles. The number of ether oxygens (including phenoxy) is 1. The monoisotopic (exact) mass is 579 g/mol. The average Bonchev–Trinajstić information content (AvgIpc) is 3.09. The third-order valence-corrected chi connectivity index (χ3v) is 8.87. The molecule has 0 N–H and O–H groups in total. The van der Waals surface area contributed by atoms with Gasteiger partial charge in [0.25, 0.3) is 5.91 Å². The molecule has 0 spiro atoms. The van der Waals surface area contributed by atoms with Crippen LogP contribution in [0, 0.1) is 0 Å². The number of hydrogen-bond donors (Lipinski definition) is 0. The molecule has 2 aromatic rings. The van der Waals surface area contributed by atoms with E-state index in [1.54, 1.807) is 12.1 Å². The molecule has 0 unspecified atom stereocenters. The Labute approximate surface area is 211 Å². The van der Waals surface area contributed by atoms with Gasteiger partial charge in [0.2, 0.25) is 0 Å². The zero-order chi connectivity index (χ0) is 25.5. The summed E-state index contributed by atoms with van der Waals surface area (Å²) in [6, 6.07) is 5.12. The van der Waals surface area contributed by atoms with Gasteiger partial charge in [-0.25, -0.2) is 8.42 Å². The van der Waals surface area contributed by atoms with Gasteiger partial charge in [-0.05, 0) is 60.8 Å². The van der Waals surface area contributed by atoms with Crippen molar-refractivity contribution in [1.82, 2.24) is 14.4 Å². The summed E-state index contributed by atoms with van der Waals surface area (Å²) in [4.78, 5) is 16.8. The van der Waals surface area contributed by atoms with Crippen LogP contribution in [0.1, 0.15) is 37.2 Å². The molecule has 2 aliphatic heterocycles. The lowest BCUT2D eigenvalue weighted by Crippen LogP contribution is -2.44. The van der Waals surface area contributed by atoms with Crippen molar-refractivity contribution in [2.24, 2.45) is 0 Å². The summed E-state index contributed by atoms with van der Waals surface area (Å²) in [6.07, 6.45) is -2.86. The van der Waals surface area contributed by atoms with Crippen molar-refractivity contribution in [3.63, 3.8) is 0 Å². The molecule has 3 heterocycles. The van der Waals surface area contributed by atoms with Gasteiger partial charge in [0.05, 0.1) is 21.5 Å². The van der Waals surface area contributed by atoms with Crippen LogP contribution in [0.25, 0.3) is 10.9 Å². The highest BCUT2D eigenvalue weighted by molar-refractivity contribution is 9.10. The van der Waals surface area contributed by atoms with E-state index in [2.05, 4.69) is 34.7 Å². The minimum Gasteiger partial charge on any atom is -0.489 e. The lowest BCUT2D eigenvalue weighted by Gasteiger charge is -2.34. The summed E-state index contributed by atoms with van der Waals surface area (Å²) in [5.74, 6) is -0.484. The van der Waals surface area contributed by atoms with Gasteiger partial charge in [0.1, 0.15) is 24.1 Å². The zero-order valence-electron chi connectivity index (χ0n) is 19.6. The van der Waals surface area contributed by atoms with E-state index in [0.29, 0.717) is 21.7 Å². The van der Waals surface area contributed by atoms with Crippen LogP contribution in [-0.2, 0) is 16.4 Å². The Kier molecular flexibility index (Phi) is 7.46. The maximum atomic E-state index is 13.4.